The first-order valence-electron chi connectivity index (χ1n) is 4.05. The van der Waals surface area contributed by atoms with Crippen LogP contribution in [-0.4, -0.2) is 12.1 Å². The molecule has 0 radical (unpaired) electrons. The van der Waals surface area contributed by atoms with E-state index in [9.17, 15) is 0 Å². The van der Waals surface area contributed by atoms with E-state index in [1.807, 2.05) is 24.3 Å². The van der Waals surface area contributed by atoms with Crippen molar-refractivity contribution < 1.29 is 9.15 Å². The summed E-state index contributed by atoms with van der Waals surface area (Å²) in [4.78, 5) is 4.01. The summed E-state index contributed by atoms with van der Waals surface area (Å²) in [5.41, 5.74) is 0.844. The topological polar surface area (TPSA) is 35.3 Å². The van der Waals surface area contributed by atoms with Gasteiger partial charge in [-0.15, -0.1) is 0 Å². The van der Waals surface area contributed by atoms with Crippen LogP contribution >= 0.6 is 11.6 Å². The van der Waals surface area contributed by atoms with Gasteiger partial charge in [-0.25, -0.2) is 4.98 Å². The van der Waals surface area contributed by atoms with Crippen molar-refractivity contribution in [3.63, 3.8) is 0 Å². The van der Waals surface area contributed by atoms with Gasteiger partial charge in [-0.1, -0.05) is 6.07 Å². The standard InChI is InChI=1S/C10H8ClNO2/c1-13-8-4-2-3-7(5-8)10-12-6-9(11)14-10/h2-6H,1H3. The Kier molecular flexibility index (Phi) is 2.41. The van der Waals surface area contributed by atoms with Crippen molar-refractivity contribution >= 4 is 11.6 Å². The molecular formula is C10H8ClNO2. The predicted octanol–water partition coefficient (Wildman–Crippen LogP) is 3.00. The van der Waals surface area contributed by atoms with Gasteiger partial charge in [-0.05, 0) is 29.8 Å². The third-order valence-corrected chi connectivity index (χ3v) is 1.97. The molecule has 1 aromatic carbocycles. The summed E-state index contributed by atoms with van der Waals surface area (Å²) in [6, 6.07) is 7.44. The molecule has 0 fully saturated rings. The van der Waals surface area contributed by atoms with E-state index in [4.69, 9.17) is 20.8 Å². The molecule has 0 unspecified atom stereocenters. The van der Waals surface area contributed by atoms with E-state index in [1.54, 1.807) is 7.11 Å². The maximum absolute atomic E-state index is 5.62. The normalized spacial score (nSPS) is 10.1. The van der Waals surface area contributed by atoms with Crippen LogP contribution in [0, 0.1) is 0 Å². The van der Waals surface area contributed by atoms with Crippen molar-refractivity contribution in [1.82, 2.24) is 4.98 Å². The van der Waals surface area contributed by atoms with Crippen molar-refractivity contribution in [3.8, 4) is 17.2 Å². The van der Waals surface area contributed by atoms with E-state index >= 15 is 0 Å². The fourth-order valence-electron chi connectivity index (χ4n) is 1.14. The molecule has 0 saturated carbocycles. The number of hydrogen-bond donors (Lipinski definition) is 0. The second-order valence-corrected chi connectivity index (χ2v) is 3.07. The molecule has 0 aliphatic carbocycles. The predicted molar refractivity (Wildman–Crippen MR) is 53.5 cm³/mol. The summed E-state index contributed by atoms with van der Waals surface area (Å²) < 4.78 is 10.2. The van der Waals surface area contributed by atoms with Gasteiger partial charge in [0.25, 0.3) is 0 Å². The van der Waals surface area contributed by atoms with Crippen molar-refractivity contribution in [1.29, 1.82) is 0 Å². The van der Waals surface area contributed by atoms with Crippen LogP contribution in [0.3, 0.4) is 0 Å². The van der Waals surface area contributed by atoms with Crippen LogP contribution in [0.5, 0.6) is 5.75 Å². The first kappa shape index (κ1) is 9.09. The maximum Gasteiger partial charge on any atom is 0.228 e. The molecule has 3 nitrogen and oxygen atoms in total. The van der Waals surface area contributed by atoms with Crippen molar-refractivity contribution in [2.45, 2.75) is 0 Å². The molecule has 0 atom stereocenters. The largest absolute Gasteiger partial charge is 0.497 e. The van der Waals surface area contributed by atoms with E-state index in [0.29, 0.717) is 5.89 Å². The minimum atomic E-state index is 0.280. The monoisotopic (exact) mass is 209 g/mol. The zero-order valence-corrected chi connectivity index (χ0v) is 8.28. The number of ether oxygens (including phenoxy) is 1. The van der Waals surface area contributed by atoms with E-state index in [0.717, 1.165) is 11.3 Å². The Morgan fingerprint density at radius 2 is 2.29 bits per heavy atom. The molecule has 4 heteroatoms. The molecule has 0 aliphatic rings. The lowest BCUT2D eigenvalue weighted by Crippen LogP contribution is -1.83. The van der Waals surface area contributed by atoms with Crippen LogP contribution in [-0.2, 0) is 0 Å². The molecule has 2 rings (SSSR count). The van der Waals surface area contributed by atoms with Gasteiger partial charge >= 0.3 is 0 Å². The number of methoxy groups -OCH3 is 1. The highest BCUT2D eigenvalue weighted by atomic mass is 35.5. The van der Waals surface area contributed by atoms with Gasteiger partial charge in [-0.3, -0.25) is 0 Å². The number of oxazole rings is 1. The first-order chi connectivity index (χ1) is 6.79. The molecule has 2 aromatic rings. The average Bonchev–Trinajstić information content (AvgIpc) is 2.65. The molecule has 1 aromatic heterocycles. The Balaban J connectivity index is 2.41. The quantitative estimate of drug-likeness (QED) is 0.763. The SMILES string of the molecule is COc1cccc(-c2ncc(Cl)o2)c1. The fourth-order valence-corrected chi connectivity index (χ4v) is 1.27. The maximum atomic E-state index is 5.62. The van der Waals surface area contributed by atoms with Gasteiger partial charge in [0, 0.05) is 5.56 Å². The van der Waals surface area contributed by atoms with Crippen LogP contribution in [0.2, 0.25) is 5.22 Å². The summed E-state index contributed by atoms with van der Waals surface area (Å²) in [6.45, 7) is 0. The van der Waals surface area contributed by atoms with Crippen LogP contribution in [0.15, 0.2) is 34.9 Å². The summed E-state index contributed by atoms with van der Waals surface area (Å²) >= 11 is 5.62. The molecule has 0 saturated heterocycles. The van der Waals surface area contributed by atoms with Gasteiger partial charge < -0.3 is 9.15 Å². The summed E-state index contributed by atoms with van der Waals surface area (Å²) in [7, 11) is 1.61. The van der Waals surface area contributed by atoms with E-state index in [2.05, 4.69) is 4.98 Å². The van der Waals surface area contributed by atoms with E-state index < -0.39 is 0 Å². The summed E-state index contributed by atoms with van der Waals surface area (Å²) in [5, 5.41) is 0.280. The summed E-state index contributed by atoms with van der Waals surface area (Å²) in [5.74, 6) is 1.26. The number of rotatable bonds is 2. The molecule has 0 N–H and O–H groups in total. The van der Waals surface area contributed by atoms with Gasteiger partial charge in [0.1, 0.15) is 5.75 Å². The first-order valence-corrected chi connectivity index (χ1v) is 4.43. The Bertz CT molecular complexity index is 439. The number of hydrogen-bond acceptors (Lipinski definition) is 3. The molecular weight excluding hydrogens is 202 g/mol. The number of halogens is 1. The zero-order chi connectivity index (χ0) is 9.97. The highest BCUT2D eigenvalue weighted by molar-refractivity contribution is 6.28. The van der Waals surface area contributed by atoms with Crippen LogP contribution in [0.25, 0.3) is 11.5 Å². The molecule has 0 amide bonds. The molecule has 0 bridgehead atoms. The van der Waals surface area contributed by atoms with Gasteiger partial charge in [-0.2, -0.15) is 0 Å². The molecule has 1 heterocycles. The smallest absolute Gasteiger partial charge is 0.228 e. The average molecular weight is 210 g/mol. The molecule has 0 spiro atoms. The van der Waals surface area contributed by atoms with Crippen molar-refractivity contribution in [2.24, 2.45) is 0 Å². The van der Waals surface area contributed by atoms with Gasteiger partial charge in [0.2, 0.25) is 11.1 Å². The fraction of sp³-hybridized carbons (Fsp3) is 0.100. The molecule has 72 valence electrons. The van der Waals surface area contributed by atoms with E-state index in [1.165, 1.54) is 6.20 Å². The van der Waals surface area contributed by atoms with Gasteiger partial charge in [0.15, 0.2) is 0 Å². The van der Waals surface area contributed by atoms with Crippen LogP contribution in [0.4, 0.5) is 0 Å². The van der Waals surface area contributed by atoms with Crippen molar-refractivity contribution in [2.75, 3.05) is 7.11 Å². The zero-order valence-electron chi connectivity index (χ0n) is 7.53. The third kappa shape index (κ3) is 1.72. The lowest BCUT2D eigenvalue weighted by Gasteiger charge is -2.00. The van der Waals surface area contributed by atoms with Crippen LogP contribution < -0.4 is 4.74 Å². The van der Waals surface area contributed by atoms with Crippen molar-refractivity contribution in [3.05, 3.63) is 35.7 Å². The lowest BCUT2D eigenvalue weighted by atomic mass is 10.2. The highest BCUT2D eigenvalue weighted by Crippen LogP contribution is 2.24. The number of nitrogens with zero attached hydrogens (tertiary/aromatic N) is 1. The van der Waals surface area contributed by atoms with Gasteiger partial charge in [0.05, 0.1) is 13.3 Å². The highest BCUT2D eigenvalue weighted by Gasteiger charge is 2.05. The Hall–Kier alpha value is -1.48. The lowest BCUT2D eigenvalue weighted by molar-refractivity contribution is 0.414. The molecule has 14 heavy (non-hydrogen) atoms. The number of aromatic nitrogens is 1. The third-order valence-electron chi connectivity index (χ3n) is 1.79. The second kappa shape index (κ2) is 3.72. The minimum absolute atomic E-state index is 0.280. The number of benzene rings is 1. The summed E-state index contributed by atoms with van der Waals surface area (Å²) in [6.07, 6.45) is 1.47. The molecule has 0 aliphatic heterocycles. The Morgan fingerprint density at radius 1 is 1.43 bits per heavy atom. The second-order valence-electron chi connectivity index (χ2n) is 2.70. The minimum Gasteiger partial charge on any atom is -0.497 e. The van der Waals surface area contributed by atoms with Crippen LogP contribution in [0.1, 0.15) is 0 Å². The van der Waals surface area contributed by atoms with E-state index in [-0.39, 0.29) is 5.22 Å². The Morgan fingerprint density at radius 3 is 2.93 bits per heavy atom. The Labute approximate surface area is 86.3 Å².